The molecule has 1 heterocycles. The second-order valence-electron chi connectivity index (χ2n) is 6.25. The molecule has 1 aromatic rings. The van der Waals surface area contributed by atoms with Crippen LogP contribution < -0.4 is 5.32 Å². The third kappa shape index (κ3) is 3.62. The number of halogens is 1. The first-order valence-corrected chi connectivity index (χ1v) is 8.03. The standard InChI is InChI=1S/C17H23FN2O/c18-14-9-7-13(8-10-14)17(21)20-11-3-6-16(12-20)19-15-4-1-2-5-15/h7-10,15-16,19H,1-6,11-12H2. The van der Waals surface area contributed by atoms with Gasteiger partial charge in [0.1, 0.15) is 5.82 Å². The summed E-state index contributed by atoms with van der Waals surface area (Å²) in [7, 11) is 0. The SMILES string of the molecule is O=C(c1ccc(F)cc1)N1CCCC(NC2CCCC2)C1. The van der Waals surface area contributed by atoms with Crippen molar-refractivity contribution in [1.82, 2.24) is 10.2 Å². The summed E-state index contributed by atoms with van der Waals surface area (Å²) in [5, 5.41) is 3.71. The van der Waals surface area contributed by atoms with Crippen molar-refractivity contribution in [3.8, 4) is 0 Å². The smallest absolute Gasteiger partial charge is 0.253 e. The lowest BCUT2D eigenvalue weighted by Gasteiger charge is -2.35. The molecule has 4 heteroatoms. The van der Waals surface area contributed by atoms with Crippen LogP contribution in [-0.4, -0.2) is 36.0 Å². The molecule has 1 saturated heterocycles. The van der Waals surface area contributed by atoms with Crippen molar-refractivity contribution in [2.75, 3.05) is 13.1 Å². The van der Waals surface area contributed by atoms with Crippen LogP contribution in [0.5, 0.6) is 0 Å². The lowest BCUT2D eigenvalue weighted by Crippen LogP contribution is -2.50. The summed E-state index contributed by atoms with van der Waals surface area (Å²) in [4.78, 5) is 14.4. The number of piperidine rings is 1. The maximum Gasteiger partial charge on any atom is 0.253 e. The van der Waals surface area contributed by atoms with Gasteiger partial charge in [0.05, 0.1) is 0 Å². The molecule has 0 radical (unpaired) electrons. The summed E-state index contributed by atoms with van der Waals surface area (Å²) in [5.41, 5.74) is 0.581. The number of likely N-dealkylation sites (tertiary alicyclic amines) is 1. The van der Waals surface area contributed by atoms with Gasteiger partial charge in [-0.05, 0) is 49.9 Å². The van der Waals surface area contributed by atoms with E-state index in [0.29, 0.717) is 17.6 Å². The number of nitrogens with one attached hydrogen (secondary N) is 1. The fourth-order valence-electron chi connectivity index (χ4n) is 3.50. The van der Waals surface area contributed by atoms with E-state index in [-0.39, 0.29) is 11.7 Å². The molecule has 1 amide bonds. The summed E-state index contributed by atoms with van der Waals surface area (Å²) < 4.78 is 12.9. The number of nitrogens with zero attached hydrogens (tertiary/aromatic N) is 1. The molecule has 1 saturated carbocycles. The van der Waals surface area contributed by atoms with E-state index in [1.165, 1.54) is 37.8 Å². The van der Waals surface area contributed by atoms with Crippen molar-refractivity contribution >= 4 is 5.91 Å². The van der Waals surface area contributed by atoms with Crippen molar-refractivity contribution in [3.05, 3.63) is 35.6 Å². The molecule has 1 aliphatic heterocycles. The highest BCUT2D eigenvalue weighted by Crippen LogP contribution is 2.21. The number of carbonyl (C=O) groups excluding carboxylic acids is 1. The average molecular weight is 290 g/mol. The highest BCUT2D eigenvalue weighted by molar-refractivity contribution is 5.94. The fourth-order valence-corrected chi connectivity index (χ4v) is 3.50. The lowest BCUT2D eigenvalue weighted by atomic mass is 10.0. The van der Waals surface area contributed by atoms with Gasteiger partial charge in [0.15, 0.2) is 0 Å². The van der Waals surface area contributed by atoms with E-state index in [9.17, 15) is 9.18 Å². The van der Waals surface area contributed by atoms with Crippen molar-refractivity contribution in [1.29, 1.82) is 0 Å². The Morgan fingerprint density at radius 3 is 2.43 bits per heavy atom. The van der Waals surface area contributed by atoms with Gasteiger partial charge in [-0.15, -0.1) is 0 Å². The maximum absolute atomic E-state index is 12.9. The number of benzene rings is 1. The molecule has 2 aliphatic rings. The summed E-state index contributed by atoms with van der Waals surface area (Å²) in [5.74, 6) is -0.279. The zero-order chi connectivity index (χ0) is 14.7. The van der Waals surface area contributed by atoms with Gasteiger partial charge < -0.3 is 10.2 Å². The number of rotatable bonds is 3. The van der Waals surface area contributed by atoms with Gasteiger partial charge in [-0.3, -0.25) is 4.79 Å². The summed E-state index contributed by atoms with van der Waals surface area (Å²) >= 11 is 0. The van der Waals surface area contributed by atoms with E-state index in [1.807, 2.05) is 4.90 Å². The number of carbonyl (C=O) groups is 1. The molecule has 3 nitrogen and oxygen atoms in total. The molecule has 0 spiro atoms. The van der Waals surface area contributed by atoms with E-state index in [0.717, 1.165) is 25.9 Å². The van der Waals surface area contributed by atoms with Crippen molar-refractivity contribution in [3.63, 3.8) is 0 Å². The number of hydrogen-bond donors (Lipinski definition) is 1. The van der Waals surface area contributed by atoms with Crippen LogP contribution in [0.4, 0.5) is 4.39 Å². The molecule has 3 rings (SSSR count). The van der Waals surface area contributed by atoms with Crippen LogP contribution in [0.2, 0.25) is 0 Å². The molecule has 0 aromatic heterocycles. The molecule has 2 fully saturated rings. The van der Waals surface area contributed by atoms with E-state index < -0.39 is 0 Å². The van der Waals surface area contributed by atoms with Gasteiger partial charge in [0.25, 0.3) is 5.91 Å². The molecular formula is C17H23FN2O. The molecule has 1 unspecified atom stereocenters. The van der Waals surface area contributed by atoms with Gasteiger partial charge in [-0.25, -0.2) is 4.39 Å². The minimum atomic E-state index is -0.300. The molecule has 1 N–H and O–H groups in total. The van der Waals surface area contributed by atoms with Gasteiger partial charge in [0, 0.05) is 30.7 Å². The number of amides is 1. The Kier molecular flexibility index (Phi) is 4.54. The molecule has 0 bridgehead atoms. The van der Waals surface area contributed by atoms with E-state index in [2.05, 4.69) is 5.32 Å². The molecule has 1 atom stereocenters. The molecule has 1 aliphatic carbocycles. The van der Waals surface area contributed by atoms with Crippen LogP contribution in [0.15, 0.2) is 24.3 Å². The Morgan fingerprint density at radius 2 is 1.71 bits per heavy atom. The van der Waals surface area contributed by atoms with Crippen LogP contribution in [0, 0.1) is 5.82 Å². The second-order valence-corrected chi connectivity index (χ2v) is 6.25. The largest absolute Gasteiger partial charge is 0.337 e. The first kappa shape index (κ1) is 14.5. The van der Waals surface area contributed by atoms with Gasteiger partial charge in [-0.2, -0.15) is 0 Å². The second kappa shape index (κ2) is 6.56. The molecular weight excluding hydrogens is 267 g/mol. The molecule has 1 aromatic carbocycles. The van der Waals surface area contributed by atoms with E-state index >= 15 is 0 Å². The zero-order valence-electron chi connectivity index (χ0n) is 12.4. The maximum atomic E-state index is 12.9. The molecule has 114 valence electrons. The Labute approximate surface area is 125 Å². The quantitative estimate of drug-likeness (QED) is 0.928. The normalized spacial score (nSPS) is 23.5. The minimum absolute atomic E-state index is 0.0212. The third-order valence-corrected chi connectivity index (χ3v) is 4.63. The third-order valence-electron chi connectivity index (χ3n) is 4.63. The van der Waals surface area contributed by atoms with Gasteiger partial charge in [-0.1, -0.05) is 12.8 Å². The summed E-state index contributed by atoms with van der Waals surface area (Å²) in [6, 6.07) is 6.90. The van der Waals surface area contributed by atoms with Crippen LogP contribution in [0.1, 0.15) is 48.9 Å². The van der Waals surface area contributed by atoms with Crippen molar-refractivity contribution < 1.29 is 9.18 Å². The van der Waals surface area contributed by atoms with Crippen LogP contribution in [0.25, 0.3) is 0 Å². The highest BCUT2D eigenvalue weighted by atomic mass is 19.1. The fraction of sp³-hybridized carbons (Fsp3) is 0.588. The summed E-state index contributed by atoms with van der Waals surface area (Å²) in [6.45, 7) is 1.58. The monoisotopic (exact) mass is 290 g/mol. The predicted octanol–water partition coefficient (Wildman–Crippen LogP) is 2.96. The van der Waals surface area contributed by atoms with Gasteiger partial charge >= 0.3 is 0 Å². The topological polar surface area (TPSA) is 32.3 Å². The predicted molar refractivity (Wildman–Crippen MR) is 80.7 cm³/mol. The van der Waals surface area contributed by atoms with E-state index in [4.69, 9.17) is 0 Å². The first-order chi connectivity index (χ1) is 10.2. The van der Waals surface area contributed by atoms with Crippen molar-refractivity contribution in [2.45, 2.75) is 50.6 Å². The number of hydrogen-bond acceptors (Lipinski definition) is 2. The molecule has 21 heavy (non-hydrogen) atoms. The first-order valence-electron chi connectivity index (χ1n) is 8.03. The minimum Gasteiger partial charge on any atom is -0.337 e. The Morgan fingerprint density at radius 1 is 1.05 bits per heavy atom. The Hall–Kier alpha value is -1.42. The van der Waals surface area contributed by atoms with E-state index in [1.54, 1.807) is 12.1 Å². The highest BCUT2D eigenvalue weighted by Gasteiger charge is 2.26. The van der Waals surface area contributed by atoms with Crippen molar-refractivity contribution in [2.24, 2.45) is 0 Å². The Bertz CT molecular complexity index is 482. The lowest BCUT2D eigenvalue weighted by molar-refractivity contribution is 0.0689. The van der Waals surface area contributed by atoms with Crippen LogP contribution in [-0.2, 0) is 0 Å². The van der Waals surface area contributed by atoms with Gasteiger partial charge in [0.2, 0.25) is 0 Å². The Balaban J connectivity index is 1.59. The summed E-state index contributed by atoms with van der Waals surface area (Å²) in [6.07, 6.45) is 7.36. The van der Waals surface area contributed by atoms with Crippen LogP contribution in [0.3, 0.4) is 0 Å². The zero-order valence-corrected chi connectivity index (χ0v) is 12.4. The average Bonchev–Trinajstić information content (AvgIpc) is 3.00. The van der Waals surface area contributed by atoms with Crippen LogP contribution >= 0.6 is 0 Å².